The summed E-state index contributed by atoms with van der Waals surface area (Å²) in [6.45, 7) is 3.32. The van der Waals surface area contributed by atoms with Crippen molar-refractivity contribution < 1.29 is 19.1 Å². The predicted molar refractivity (Wildman–Crippen MR) is 197 cm³/mol. The first kappa shape index (κ1) is 34.5. The summed E-state index contributed by atoms with van der Waals surface area (Å²) in [7, 11) is 1.56. The Morgan fingerprint density at radius 1 is 0.780 bits per heavy atom. The van der Waals surface area contributed by atoms with Crippen molar-refractivity contribution >= 4 is 28.6 Å². The first-order valence-corrected chi connectivity index (χ1v) is 17.0. The Morgan fingerprint density at radius 2 is 1.36 bits per heavy atom. The van der Waals surface area contributed by atoms with Crippen molar-refractivity contribution in [3.63, 3.8) is 0 Å². The number of nitrogens with zero attached hydrogens (tertiary/aromatic N) is 1. The van der Waals surface area contributed by atoms with E-state index in [-0.39, 0.29) is 25.4 Å². The fraction of sp³-hybridized carbons (Fsp3) is 0.262. The quantitative estimate of drug-likeness (QED) is 0.136. The van der Waals surface area contributed by atoms with Gasteiger partial charge in [0.05, 0.1) is 23.7 Å². The zero-order chi connectivity index (χ0) is 35.4. The van der Waals surface area contributed by atoms with Crippen molar-refractivity contribution in [3.05, 3.63) is 144 Å². The molecule has 5 aromatic rings. The number of nitrogens with two attached hydrogens (primary N) is 2. The molecule has 5 aromatic carbocycles. The molecule has 50 heavy (non-hydrogen) atoms. The molecule has 0 bridgehead atoms. The van der Waals surface area contributed by atoms with Gasteiger partial charge in [-0.2, -0.15) is 0 Å². The minimum atomic E-state index is -1.69. The normalized spacial score (nSPS) is 15.2. The third kappa shape index (κ3) is 7.18. The van der Waals surface area contributed by atoms with E-state index in [0.29, 0.717) is 0 Å². The molecule has 2 amide bonds. The van der Waals surface area contributed by atoms with E-state index in [1.807, 2.05) is 97.1 Å². The summed E-state index contributed by atoms with van der Waals surface area (Å²) in [5.41, 5.74) is 17.3. The fourth-order valence-electron chi connectivity index (χ4n) is 7.10. The van der Waals surface area contributed by atoms with Crippen LogP contribution in [0.25, 0.3) is 21.9 Å². The van der Waals surface area contributed by atoms with Crippen molar-refractivity contribution in [1.29, 1.82) is 0 Å². The summed E-state index contributed by atoms with van der Waals surface area (Å²) >= 11 is 0. The lowest BCUT2D eigenvalue weighted by Crippen LogP contribution is -2.63. The molecule has 0 saturated carbocycles. The Kier molecular flexibility index (Phi) is 10.1. The van der Waals surface area contributed by atoms with E-state index in [2.05, 4.69) is 29.6 Å². The number of Topliss-reactive ketones (excluding diaryl/α,β-unsaturated/α-hetero) is 1. The van der Waals surface area contributed by atoms with E-state index < -0.39 is 41.4 Å². The Hall–Kier alpha value is -5.31. The Bertz CT molecular complexity index is 1960. The summed E-state index contributed by atoms with van der Waals surface area (Å²) in [5, 5.41) is 4.82. The van der Waals surface area contributed by atoms with E-state index >= 15 is 0 Å². The van der Waals surface area contributed by atoms with E-state index in [9.17, 15) is 14.4 Å². The standard InChI is InChI=1S/C42H44N4O4/c1-27(43)45-40(48)37(24-28-13-5-4-6-14-28)42(2,44)39(47)38(25-29-21-22-30-15-7-8-16-31(30)23-29)46(3)41(49)50-26-36-34-19-11-9-17-32(34)33-18-10-12-20-35(33)36/h4-23,27,36-38H,24-26,43-44H2,1-3H3,(H,45,48)/t27?,37-,38-,42?/m1/s1. The second-order valence-corrected chi connectivity index (χ2v) is 13.5. The molecule has 8 nitrogen and oxygen atoms in total. The second kappa shape index (κ2) is 14.7. The molecule has 0 fully saturated rings. The number of ether oxygens (including phenoxy) is 1. The Balaban J connectivity index is 1.31. The molecule has 2 unspecified atom stereocenters. The van der Waals surface area contributed by atoms with Crippen molar-refractivity contribution in [2.24, 2.45) is 17.4 Å². The number of amides is 2. The van der Waals surface area contributed by atoms with Crippen LogP contribution in [0.1, 0.15) is 42.0 Å². The lowest BCUT2D eigenvalue weighted by Gasteiger charge is -2.38. The molecule has 1 aliphatic carbocycles. The molecule has 256 valence electrons. The zero-order valence-electron chi connectivity index (χ0n) is 28.7. The first-order valence-electron chi connectivity index (χ1n) is 17.0. The summed E-state index contributed by atoms with van der Waals surface area (Å²) < 4.78 is 6.01. The second-order valence-electron chi connectivity index (χ2n) is 13.5. The van der Waals surface area contributed by atoms with Crippen molar-refractivity contribution in [3.8, 4) is 11.1 Å². The first-order chi connectivity index (χ1) is 24.0. The van der Waals surface area contributed by atoms with Gasteiger partial charge in [-0.3, -0.25) is 9.59 Å². The number of ketones is 1. The van der Waals surface area contributed by atoms with E-state index in [1.165, 1.54) is 4.90 Å². The number of hydrogen-bond donors (Lipinski definition) is 3. The SMILES string of the molecule is CC(N)NC(=O)[C@@H](Cc1ccccc1)C(C)(N)C(=O)[C@@H](Cc1ccc2ccccc2c1)N(C)C(=O)OCC1c2ccccc2-c2ccccc21. The summed E-state index contributed by atoms with van der Waals surface area (Å²) in [5.74, 6) is -2.01. The van der Waals surface area contributed by atoms with E-state index in [0.717, 1.165) is 44.2 Å². The molecule has 0 saturated heterocycles. The third-order valence-corrected chi connectivity index (χ3v) is 9.86. The average Bonchev–Trinajstić information content (AvgIpc) is 3.44. The van der Waals surface area contributed by atoms with Crippen LogP contribution in [0.4, 0.5) is 4.79 Å². The highest BCUT2D eigenvalue weighted by Crippen LogP contribution is 2.44. The maximum Gasteiger partial charge on any atom is 0.410 e. The van der Waals surface area contributed by atoms with Gasteiger partial charge in [-0.25, -0.2) is 4.79 Å². The molecule has 5 N–H and O–H groups in total. The monoisotopic (exact) mass is 668 g/mol. The maximum absolute atomic E-state index is 14.8. The van der Waals surface area contributed by atoms with Crippen LogP contribution in [0, 0.1) is 5.92 Å². The van der Waals surface area contributed by atoms with Crippen molar-refractivity contribution in [2.45, 2.75) is 50.4 Å². The largest absolute Gasteiger partial charge is 0.448 e. The average molecular weight is 669 g/mol. The molecule has 0 aromatic heterocycles. The smallest absolute Gasteiger partial charge is 0.410 e. The Morgan fingerprint density at radius 3 is 2.00 bits per heavy atom. The Labute approximate surface area is 293 Å². The fourth-order valence-corrected chi connectivity index (χ4v) is 7.10. The van der Waals surface area contributed by atoms with Crippen molar-refractivity contribution in [1.82, 2.24) is 10.2 Å². The molecular formula is C42H44N4O4. The van der Waals surface area contributed by atoms with Gasteiger partial charge in [0, 0.05) is 19.4 Å². The number of carbonyl (C=O) groups excluding carboxylic acids is 3. The highest BCUT2D eigenvalue weighted by Gasteiger charge is 2.47. The number of carbonyl (C=O) groups is 3. The van der Waals surface area contributed by atoms with E-state index in [4.69, 9.17) is 16.2 Å². The van der Waals surface area contributed by atoms with Crippen LogP contribution in [0.5, 0.6) is 0 Å². The molecule has 4 atom stereocenters. The van der Waals surface area contributed by atoms with E-state index in [1.54, 1.807) is 20.9 Å². The molecule has 0 heterocycles. The van der Waals surface area contributed by atoms with Crippen LogP contribution in [0.3, 0.4) is 0 Å². The summed E-state index contributed by atoms with van der Waals surface area (Å²) in [4.78, 5) is 43.8. The number of likely N-dealkylation sites (N-methyl/N-ethyl adjacent to an activating group) is 1. The van der Waals surface area contributed by atoms with Crippen LogP contribution in [0.2, 0.25) is 0 Å². The molecule has 0 radical (unpaired) electrons. The minimum Gasteiger partial charge on any atom is -0.448 e. The molecule has 0 spiro atoms. The van der Waals surface area contributed by atoms with Crippen LogP contribution < -0.4 is 16.8 Å². The maximum atomic E-state index is 14.8. The molecule has 8 heteroatoms. The van der Waals surface area contributed by atoms with Gasteiger partial charge in [0.25, 0.3) is 0 Å². The van der Waals surface area contributed by atoms with Crippen LogP contribution in [-0.2, 0) is 27.2 Å². The third-order valence-electron chi connectivity index (χ3n) is 9.86. The van der Waals surface area contributed by atoms with Crippen molar-refractivity contribution in [2.75, 3.05) is 13.7 Å². The molecule has 1 aliphatic rings. The van der Waals surface area contributed by atoms with Gasteiger partial charge in [0.1, 0.15) is 6.61 Å². The summed E-state index contributed by atoms with van der Waals surface area (Å²) in [6.07, 6.45) is -0.926. The van der Waals surface area contributed by atoms with Crippen LogP contribution in [0.15, 0.2) is 121 Å². The predicted octanol–water partition coefficient (Wildman–Crippen LogP) is 6.20. The van der Waals surface area contributed by atoms with Gasteiger partial charge < -0.3 is 26.4 Å². The number of nitrogens with one attached hydrogen (secondary N) is 1. The zero-order valence-corrected chi connectivity index (χ0v) is 28.7. The van der Waals surface area contributed by atoms with Crippen LogP contribution >= 0.6 is 0 Å². The highest BCUT2D eigenvalue weighted by molar-refractivity contribution is 5.99. The molecular weight excluding hydrogens is 624 g/mol. The van der Waals surface area contributed by atoms with Gasteiger partial charge in [-0.15, -0.1) is 0 Å². The minimum absolute atomic E-state index is 0.0986. The highest BCUT2D eigenvalue weighted by atomic mass is 16.6. The number of hydrogen-bond acceptors (Lipinski definition) is 6. The number of fused-ring (bicyclic) bond motifs is 4. The van der Waals surface area contributed by atoms with Gasteiger partial charge in [0.2, 0.25) is 5.91 Å². The van der Waals surface area contributed by atoms with Gasteiger partial charge in [-0.05, 0) is 64.4 Å². The number of rotatable bonds is 12. The summed E-state index contributed by atoms with van der Waals surface area (Å²) in [6, 6.07) is 38.5. The van der Waals surface area contributed by atoms with Gasteiger partial charge >= 0.3 is 6.09 Å². The molecule has 6 rings (SSSR count). The molecule has 0 aliphatic heterocycles. The topological polar surface area (TPSA) is 128 Å². The number of benzene rings is 5. The van der Waals surface area contributed by atoms with Gasteiger partial charge in [0.15, 0.2) is 5.78 Å². The lowest BCUT2D eigenvalue weighted by atomic mass is 9.75. The lowest BCUT2D eigenvalue weighted by molar-refractivity contribution is -0.137. The van der Waals surface area contributed by atoms with Crippen LogP contribution in [-0.4, -0.2) is 54.1 Å². The van der Waals surface area contributed by atoms with Gasteiger partial charge in [-0.1, -0.05) is 121 Å².